The molecule has 230 valence electrons. The van der Waals surface area contributed by atoms with Gasteiger partial charge in [0.25, 0.3) is 0 Å². The molecule has 0 bridgehead atoms. The van der Waals surface area contributed by atoms with Gasteiger partial charge in [0, 0.05) is 43.4 Å². The highest BCUT2D eigenvalue weighted by molar-refractivity contribution is 6.29. The van der Waals surface area contributed by atoms with E-state index in [0.29, 0.717) is 0 Å². The minimum absolute atomic E-state index is 0.873. The summed E-state index contributed by atoms with van der Waals surface area (Å²) in [6.07, 6.45) is 0. The van der Waals surface area contributed by atoms with Crippen LogP contribution in [0.2, 0.25) is 0 Å². The lowest BCUT2D eigenvalue weighted by Gasteiger charge is -2.15. The van der Waals surface area contributed by atoms with Crippen molar-refractivity contribution in [2.75, 3.05) is 0 Å². The first-order valence-corrected chi connectivity index (χ1v) is 17.2. The molecule has 2 heterocycles. The van der Waals surface area contributed by atoms with E-state index in [2.05, 4.69) is 158 Å². The van der Waals surface area contributed by atoms with E-state index < -0.39 is 0 Å². The van der Waals surface area contributed by atoms with Crippen LogP contribution in [0.4, 0.5) is 0 Å². The predicted molar refractivity (Wildman–Crippen MR) is 211 cm³/mol. The Morgan fingerprint density at radius 3 is 1.50 bits per heavy atom. The molecular formula is C48H26O2. The van der Waals surface area contributed by atoms with E-state index in [-0.39, 0.29) is 0 Å². The molecule has 10 aromatic carbocycles. The van der Waals surface area contributed by atoms with Crippen LogP contribution in [0.5, 0.6) is 0 Å². The van der Waals surface area contributed by atoms with Crippen molar-refractivity contribution >= 4 is 97.7 Å². The summed E-state index contributed by atoms with van der Waals surface area (Å²) in [6.45, 7) is 0. The Labute approximate surface area is 285 Å². The van der Waals surface area contributed by atoms with E-state index in [1.165, 1.54) is 48.8 Å². The van der Waals surface area contributed by atoms with Crippen molar-refractivity contribution < 1.29 is 8.83 Å². The average molecular weight is 635 g/mol. The lowest BCUT2D eigenvalue weighted by Crippen LogP contribution is -1.89. The Balaban J connectivity index is 1.22. The second-order valence-electron chi connectivity index (χ2n) is 13.5. The first kappa shape index (κ1) is 26.3. The van der Waals surface area contributed by atoms with E-state index in [4.69, 9.17) is 8.83 Å². The maximum atomic E-state index is 7.09. The first-order valence-electron chi connectivity index (χ1n) is 17.2. The van der Waals surface area contributed by atoms with Gasteiger partial charge < -0.3 is 8.83 Å². The SMILES string of the molecule is c1ccc2c(c1)ccc1c3cccc(-c4ccc(-c5ccc6ccc7cccc8ccc5c6c78)c5c4oc4c6ccccc6ccc45)c3oc21. The van der Waals surface area contributed by atoms with Gasteiger partial charge in [0.15, 0.2) is 0 Å². The molecule has 2 nitrogen and oxygen atoms in total. The zero-order valence-electron chi connectivity index (χ0n) is 26.8. The molecule has 0 aliphatic rings. The van der Waals surface area contributed by atoms with E-state index >= 15 is 0 Å². The molecule has 0 fully saturated rings. The van der Waals surface area contributed by atoms with Crippen LogP contribution < -0.4 is 0 Å². The first-order chi connectivity index (χ1) is 24.8. The van der Waals surface area contributed by atoms with Crippen LogP contribution in [0.1, 0.15) is 0 Å². The highest BCUT2D eigenvalue weighted by Crippen LogP contribution is 2.48. The Morgan fingerprint density at radius 1 is 0.220 bits per heavy atom. The zero-order valence-corrected chi connectivity index (χ0v) is 26.8. The average Bonchev–Trinajstić information content (AvgIpc) is 3.77. The molecule has 0 aliphatic carbocycles. The van der Waals surface area contributed by atoms with Crippen molar-refractivity contribution in [2.24, 2.45) is 0 Å². The van der Waals surface area contributed by atoms with Crippen molar-refractivity contribution in [1.82, 2.24) is 0 Å². The van der Waals surface area contributed by atoms with Gasteiger partial charge in [-0.15, -0.1) is 0 Å². The maximum Gasteiger partial charge on any atom is 0.144 e. The van der Waals surface area contributed by atoms with Gasteiger partial charge in [-0.2, -0.15) is 0 Å². The van der Waals surface area contributed by atoms with Crippen LogP contribution in [-0.2, 0) is 0 Å². The maximum absolute atomic E-state index is 7.09. The molecule has 0 N–H and O–H groups in total. The molecule has 50 heavy (non-hydrogen) atoms. The number of furan rings is 2. The summed E-state index contributed by atoms with van der Waals surface area (Å²) in [5.41, 5.74) is 8.00. The molecule has 2 heteroatoms. The molecule has 0 spiro atoms. The Hall–Kier alpha value is -6.64. The fraction of sp³-hybridized carbons (Fsp3) is 0. The van der Waals surface area contributed by atoms with Crippen molar-refractivity contribution in [1.29, 1.82) is 0 Å². The zero-order chi connectivity index (χ0) is 32.5. The molecule has 0 radical (unpaired) electrons. The minimum Gasteiger partial charge on any atom is -0.455 e. The second-order valence-corrected chi connectivity index (χ2v) is 13.5. The third kappa shape index (κ3) is 3.37. The third-order valence-corrected chi connectivity index (χ3v) is 11.0. The van der Waals surface area contributed by atoms with Gasteiger partial charge in [0.2, 0.25) is 0 Å². The smallest absolute Gasteiger partial charge is 0.144 e. The van der Waals surface area contributed by atoms with Crippen LogP contribution in [0.25, 0.3) is 120 Å². The summed E-state index contributed by atoms with van der Waals surface area (Å²) in [4.78, 5) is 0. The topological polar surface area (TPSA) is 26.3 Å². The molecule has 2 aromatic heterocycles. The largest absolute Gasteiger partial charge is 0.455 e. The van der Waals surface area contributed by atoms with Crippen molar-refractivity contribution in [3.05, 3.63) is 158 Å². The third-order valence-electron chi connectivity index (χ3n) is 11.0. The van der Waals surface area contributed by atoms with Gasteiger partial charge in [0.1, 0.15) is 22.3 Å². The monoisotopic (exact) mass is 634 g/mol. The van der Waals surface area contributed by atoms with Gasteiger partial charge in [0.05, 0.1) is 0 Å². The minimum atomic E-state index is 0.873. The van der Waals surface area contributed by atoms with Gasteiger partial charge in [-0.05, 0) is 72.4 Å². The van der Waals surface area contributed by atoms with Gasteiger partial charge in [-0.3, -0.25) is 0 Å². The van der Waals surface area contributed by atoms with Crippen LogP contribution in [-0.4, -0.2) is 0 Å². The molecule has 12 aromatic rings. The second kappa shape index (κ2) is 9.49. The molecule has 0 saturated carbocycles. The van der Waals surface area contributed by atoms with Gasteiger partial charge in [-0.25, -0.2) is 0 Å². The molecule has 0 aliphatic heterocycles. The lowest BCUT2D eigenvalue weighted by atomic mass is 9.87. The van der Waals surface area contributed by atoms with Gasteiger partial charge in [-0.1, -0.05) is 140 Å². The summed E-state index contributed by atoms with van der Waals surface area (Å²) in [5.74, 6) is 0. The van der Waals surface area contributed by atoms with Crippen molar-refractivity contribution in [3.63, 3.8) is 0 Å². The highest BCUT2D eigenvalue weighted by Gasteiger charge is 2.23. The number of rotatable bonds is 2. The number of hydrogen-bond donors (Lipinski definition) is 0. The van der Waals surface area contributed by atoms with E-state index in [1.807, 2.05) is 0 Å². The van der Waals surface area contributed by atoms with E-state index in [9.17, 15) is 0 Å². The summed E-state index contributed by atoms with van der Waals surface area (Å²) >= 11 is 0. The van der Waals surface area contributed by atoms with Gasteiger partial charge >= 0.3 is 0 Å². The fourth-order valence-corrected chi connectivity index (χ4v) is 8.75. The van der Waals surface area contributed by atoms with E-state index in [1.54, 1.807) is 0 Å². The highest BCUT2D eigenvalue weighted by atomic mass is 16.3. The normalized spacial score (nSPS) is 12.4. The summed E-state index contributed by atoms with van der Waals surface area (Å²) in [5, 5.41) is 16.7. The fourth-order valence-electron chi connectivity index (χ4n) is 8.75. The number of benzene rings is 10. The molecule has 0 saturated heterocycles. The molecule has 0 atom stereocenters. The Kier molecular flexibility index (Phi) is 5.00. The van der Waals surface area contributed by atoms with Crippen molar-refractivity contribution in [2.45, 2.75) is 0 Å². The lowest BCUT2D eigenvalue weighted by molar-refractivity contribution is 0.668. The number of fused-ring (bicyclic) bond motifs is 10. The predicted octanol–water partition coefficient (Wildman–Crippen LogP) is 14.0. The van der Waals surface area contributed by atoms with E-state index in [0.717, 1.165) is 71.2 Å². The molecule has 0 amide bonds. The summed E-state index contributed by atoms with van der Waals surface area (Å²) < 4.78 is 13.9. The standard InChI is InChI=1S/C48H26O2/c1-3-11-32-27(7-1)17-23-39-37-13-6-14-38(47(37)49-45(32)39)40-26-25-36(44-41-24-18-28-8-2-4-12-33(28)46(41)50-48(40)44)34-21-19-31-16-15-29-9-5-10-30-20-22-35(34)43(31)42(29)30/h1-26H. The Bertz CT molecular complexity index is 3360. The van der Waals surface area contributed by atoms with Crippen LogP contribution in [0.3, 0.4) is 0 Å². The Morgan fingerprint density at radius 2 is 0.700 bits per heavy atom. The number of para-hydroxylation sites is 1. The van der Waals surface area contributed by atoms with Crippen LogP contribution in [0.15, 0.2) is 167 Å². The molecular weight excluding hydrogens is 609 g/mol. The molecule has 0 unspecified atom stereocenters. The van der Waals surface area contributed by atoms with Crippen LogP contribution >= 0.6 is 0 Å². The quantitative estimate of drug-likeness (QED) is 0.177. The number of hydrogen-bond acceptors (Lipinski definition) is 2. The van der Waals surface area contributed by atoms with Crippen molar-refractivity contribution in [3.8, 4) is 22.3 Å². The molecule has 12 rings (SSSR count). The summed E-state index contributed by atoms with van der Waals surface area (Å²) in [6, 6.07) is 57.0. The van der Waals surface area contributed by atoms with Crippen LogP contribution in [0, 0.1) is 0 Å². The summed E-state index contributed by atoms with van der Waals surface area (Å²) in [7, 11) is 0.